The average molecular weight is 325 g/mol. The Morgan fingerprint density at radius 3 is 2.68 bits per heavy atom. The van der Waals surface area contributed by atoms with Gasteiger partial charge in [-0.05, 0) is 36.5 Å². The summed E-state index contributed by atoms with van der Waals surface area (Å²) in [5.41, 5.74) is 1.62. The lowest BCUT2D eigenvalue weighted by Crippen LogP contribution is -2.34. The minimum Gasteiger partial charge on any atom is -0.334 e. The normalized spacial score (nSPS) is 20.8. The third-order valence-electron chi connectivity index (χ3n) is 4.48. The second kappa shape index (κ2) is 5.51. The number of benzene rings is 1. The monoisotopic (exact) mass is 324 g/mol. The van der Waals surface area contributed by atoms with Crippen molar-refractivity contribution in [3.05, 3.63) is 33.8 Å². The average Bonchev–Trinajstić information content (AvgIpc) is 2.78. The number of halogens is 3. The maximum absolute atomic E-state index is 13.2. The number of carbonyl (C=O) groups excluding carboxylic acids is 1. The van der Waals surface area contributed by atoms with E-state index >= 15 is 0 Å². The minimum atomic E-state index is -2.56. The highest BCUT2D eigenvalue weighted by atomic mass is 35.5. The lowest BCUT2D eigenvalue weighted by Gasteiger charge is -2.30. The SMILES string of the molecule is N#Cc1cc(Cl)c2c(c1)CN(CC1CCC(F)(F)CC1)C2=O. The van der Waals surface area contributed by atoms with Gasteiger partial charge in [-0.15, -0.1) is 0 Å². The van der Waals surface area contributed by atoms with Crippen LogP contribution in [-0.4, -0.2) is 23.3 Å². The Kier molecular flexibility index (Phi) is 3.82. The molecule has 3 nitrogen and oxygen atoms in total. The fourth-order valence-corrected chi connectivity index (χ4v) is 3.59. The second-order valence-electron chi connectivity index (χ2n) is 6.09. The fourth-order valence-electron chi connectivity index (χ4n) is 3.27. The number of hydrogen-bond donors (Lipinski definition) is 0. The molecule has 116 valence electrons. The molecule has 0 spiro atoms. The molecule has 22 heavy (non-hydrogen) atoms. The number of rotatable bonds is 2. The summed E-state index contributed by atoms with van der Waals surface area (Å²) < 4.78 is 26.4. The molecule has 3 rings (SSSR count). The summed E-state index contributed by atoms with van der Waals surface area (Å²) >= 11 is 6.10. The van der Waals surface area contributed by atoms with Crippen LogP contribution in [0.25, 0.3) is 0 Å². The van der Waals surface area contributed by atoms with Gasteiger partial charge in [0, 0.05) is 25.9 Å². The third kappa shape index (κ3) is 2.80. The molecule has 1 amide bonds. The van der Waals surface area contributed by atoms with E-state index in [4.69, 9.17) is 16.9 Å². The Bertz CT molecular complexity index is 659. The van der Waals surface area contributed by atoms with Gasteiger partial charge < -0.3 is 4.90 Å². The van der Waals surface area contributed by atoms with Gasteiger partial charge in [-0.3, -0.25) is 4.79 Å². The fraction of sp³-hybridized carbons (Fsp3) is 0.500. The van der Waals surface area contributed by atoms with Gasteiger partial charge in [0.2, 0.25) is 5.92 Å². The Morgan fingerprint density at radius 1 is 1.36 bits per heavy atom. The number of alkyl halides is 2. The van der Waals surface area contributed by atoms with E-state index in [1.165, 1.54) is 6.07 Å². The Morgan fingerprint density at radius 2 is 2.05 bits per heavy atom. The number of hydrogen-bond acceptors (Lipinski definition) is 2. The Labute approximate surface area is 132 Å². The summed E-state index contributed by atoms with van der Waals surface area (Å²) in [4.78, 5) is 14.1. The summed E-state index contributed by atoms with van der Waals surface area (Å²) in [5, 5.41) is 9.25. The zero-order valence-corrected chi connectivity index (χ0v) is 12.7. The topological polar surface area (TPSA) is 44.1 Å². The molecule has 0 atom stereocenters. The summed E-state index contributed by atoms with van der Waals surface area (Å²) in [6.45, 7) is 0.873. The van der Waals surface area contributed by atoms with Crippen LogP contribution in [0.4, 0.5) is 8.78 Å². The number of fused-ring (bicyclic) bond motifs is 1. The van der Waals surface area contributed by atoms with E-state index in [1.54, 1.807) is 11.0 Å². The zero-order valence-electron chi connectivity index (χ0n) is 11.9. The van der Waals surface area contributed by atoms with E-state index in [9.17, 15) is 13.6 Å². The summed E-state index contributed by atoms with van der Waals surface area (Å²) in [6.07, 6.45) is 0.659. The Balaban J connectivity index is 1.72. The summed E-state index contributed by atoms with van der Waals surface area (Å²) in [5.74, 6) is -2.62. The van der Waals surface area contributed by atoms with Crippen LogP contribution in [0.2, 0.25) is 5.02 Å². The summed E-state index contributed by atoms with van der Waals surface area (Å²) in [6, 6.07) is 5.18. The molecular weight excluding hydrogens is 310 g/mol. The second-order valence-corrected chi connectivity index (χ2v) is 6.50. The zero-order chi connectivity index (χ0) is 15.9. The van der Waals surface area contributed by atoms with E-state index in [1.807, 2.05) is 6.07 Å². The highest BCUT2D eigenvalue weighted by molar-refractivity contribution is 6.34. The number of nitrogens with zero attached hydrogens (tertiary/aromatic N) is 2. The van der Waals surface area contributed by atoms with Gasteiger partial charge in [-0.1, -0.05) is 11.6 Å². The predicted molar refractivity (Wildman–Crippen MR) is 77.8 cm³/mol. The molecule has 0 bridgehead atoms. The van der Waals surface area contributed by atoms with E-state index in [0.717, 1.165) is 5.56 Å². The van der Waals surface area contributed by atoms with Crippen LogP contribution in [0, 0.1) is 17.2 Å². The quantitative estimate of drug-likeness (QED) is 0.825. The molecule has 0 unspecified atom stereocenters. The molecule has 0 N–H and O–H groups in total. The first-order chi connectivity index (χ1) is 10.4. The van der Waals surface area contributed by atoms with Crippen molar-refractivity contribution in [1.82, 2.24) is 4.90 Å². The molecular formula is C16H15ClF2N2O. The van der Waals surface area contributed by atoms with Crippen molar-refractivity contribution in [2.75, 3.05) is 6.54 Å². The van der Waals surface area contributed by atoms with Crippen LogP contribution in [0.1, 0.15) is 47.2 Å². The van der Waals surface area contributed by atoms with Crippen molar-refractivity contribution in [3.8, 4) is 6.07 Å². The molecule has 1 aliphatic heterocycles. The van der Waals surface area contributed by atoms with E-state index in [0.29, 0.717) is 37.1 Å². The van der Waals surface area contributed by atoms with Crippen LogP contribution < -0.4 is 0 Å². The van der Waals surface area contributed by atoms with Crippen molar-refractivity contribution in [2.45, 2.75) is 38.2 Å². The molecule has 6 heteroatoms. The van der Waals surface area contributed by atoms with Crippen LogP contribution in [0.15, 0.2) is 12.1 Å². The standard InChI is InChI=1S/C16H15ClF2N2O/c17-13-6-11(7-20)5-12-9-21(15(22)14(12)13)8-10-1-3-16(18,19)4-2-10/h5-6,10H,1-4,8-9H2. The van der Waals surface area contributed by atoms with Crippen molar-refractivity contribution in [3.63, 3.8) is 0 Å². The Hall–Kier alpha value is -1.67. The van der Waals surface area contributed by atoms with Crippen LogP contribution in [0.3, 0.4) is 0 Å². The molecule has 0 radical (unpaired) electrons. The minimum absolute atomic E-state index is 0.104. The third-order valence-corrected chi connectivity index (χ3v) is 4.78. The van der Waals surface area contributed by atoms with Crippen molar-refractivity contribution in [2.24, 2.45) is 5.92 Å². The smallest absolute Gasteiger partial charge is 0.256 e. The van der Waals surface area contributed by atoms with Crippen molar-refractivity contribution >= 4 is 17.5 Å². The first-order valence-corrected chi connectivity index (χ1v) is 7.67. The highest BCUT2D eigenvalue weighted by Gasteiger charge is 2.37. The summed E-state index contributed by atoms with van der Waals surface area (Å²) in [7, 11) is 0. The molecule has 2 aliphatic rings. The maximum Gasteiger partial charge on any atom is 0.256 e. The van der Waals surface area contributed by atoms with E-state index in [-0.39, 0.29) is 29.7 Å². The van der Waals surface area contributed by atoms with Crippen LogP contribution in [0.5, 0.6) is 0 Å². The van der Waals surface area contributed by atoms with Crippen molar-refractivity contribution in [1.29, 1.82) is 5.26 Å². The first-order valence-electron chi connectivity index (χ1n) is 7.29. The van der Waals surface area contributed by atoms with Gasteiger partial charge >= 0.3 is 0 Å². The molecule has 1 fully saturated rings. The maximum atomic E-state index is 13.2. The first kappa shape index (κ1) is 15.2. The number of amides is 1. The lowest BCUT2D eigenvalue weighted by molar-refractivity contribution is -0.0480. The molecule has 1 aliphatic carbocycles. The van der Waals surface area contributed by atoms with E-state index in [2.05, 4.69) is 0 Å². The van der Waals surface area contributed by atoms with Crippen LogP contribution in [-0.2, 0) is 6.54 Å². The van der Waals surface area contributed by atoms with Gasteiger partial charge in [-0.25, -0.2) is 8.78 Å². The largest absolute Gasteiger partial charge is 0.334 e. The number of carbonyl (C=O) groups is 1. The molecule has 0 aromatic heterocycles. The highest BCUT2D eigenvalue weighted by Crippen LogP contribution is 2.38. The molecule has 1 aromatic rings. The van der Waals surface area contributed by atoms with Gasteiger partial charge in [0.1, 0.15) is 0 Å². The van der Waals surface area contributed by atoms with Crippen LogP contribution >= 0.6 is 11.6 Å². The molecule has 1 heterocycles. The van der Waals surface area contributed by atoms with Gasteiger partial charge in [0.25, 0.3) is 5.91 Å². The number of nitriles is 1. The molecule has 0 saturated heterocycles. The van der Waals surface area contributed by atoms with Gasteiger partial charge in [0.05, 0.1) is 22.2 Å². The molecule has 1 saturated carbocycles. The lowest BCUT2D eigenvalue weighted by atomic mass is 9.86. The van der Waals surface area contributed by atoms with Crippen molar-refractivity contribution < 1.29 is 13.6 Å². The molecule has 1 aromatic carbocycles. The van der Waals surface area contributed by atoms with Gasteiger partial charge in [-0.2, -0.15) is 5.26 Å². The van der Waals surface area contributed by atoms with E-state index < -0.39 is 5.92 Å². The predicted octanol–water partition coefficient (Wildman–Crippen LogP) is 3.99. The van der Waals surface area contributed by atoms with Gasteiger partial charge in [0.15, 0.2) is 0 Å².